The largest absolute Gasteiger partial charge is 0.423 e. The summed E-state index contributed by atoms with van der Waals surface area (Å²) in [6.45, 7) is 0. The molecule has 0 bridgehead atoms. The molecule has 4 rings (SSSR count). The van der Waals surface area contributed by atoms with E-state index in [2.05, 4.69) is 9.39 Å². The number of carbonyl (C=O) groups is 2. The van der Waals surface area contributed by atoms with Crippen LogP contribution in [-0.4, -0.2) is 39.2 Å². The number of carbonyl (C=O) groups excluding carboxylic acids is 2. The number of amidine groups is 3. The molecule has 0 radical (unpaired) electrons. The van der Waals surface area contributed by atoms with Crippen LogP contribution in [-0.2, 0) is 4.79 Å². The van der Waals surface area contributed by atoms with E-state index in [9.17, 15) is 14.0 Å². The number of ether oxygens (including phenoxy) is 1. The molecule has 2 aliphatic rings. The molecular weight excluding hydrogens is 427 g/mol. The van der Waals surface area contributed by atoms with Crippen molar-refractivity contribution in [1.29, 1.82) is 5.41 Å². The quantitative estimate of drug-likeness (QED) is 0.336. The molecule has 1 amide bonds. The second-order valence-electron chi connectivity index (χ2n) is 6.08. The van der Waals surface area contributed by atoms with Crippen molar-refractivity contribution in [3.63, 3.8) is 0 Å². The summed E-state index contributed by atoms with van der Waals surface area (Å²) < 4.78 is 22.4. The van der Waals surface area contributed by atoms with Gasteiger partial charge in [-0.2, -0.15) is 9.39 Å². The number of esters is 1. The first-order chi connectivity index (χ1) is 14.5. The monoisotopic (exact) mass is 440 g/mol. The van der Waals surface area contributed by atoms with Gasteiger partial charge in [-0.1, -0.05) is 23.9 Å². The van der Waals surface area contributed by atoms with Gasteiger partial charge in [0.1, 0.15) is 17.4 Å². The van der Waals surface area contributed by atoms with E-state index in [1.54, 1.807) is 30.3 Å². The molecule has 30 heavy (non-hydrogen) atoms. The summed E-state index contributed by atoms with van der Waals surface area (Å²) in [5.74, 6) is -1.25. The van der Waals surface area contributed by atoms with Crippen LogP contribution in [0.15, 0.2) is 63.5 Å². The Morgan fingerprint density at radius 2 is 1.90 bits per heavy atom. The van der Waals surface area contributed by atoms with Crippen LogP contribution in [0.5, 0.6) is 5.75 Å². The molecule has 2 aromatic carbocycles. The SMILES string of the molecule is CSC1=NSC2=NC(=O)/C(=C\c3ccc(OC(=O)c4ccc(F)cc4)cc3)C(=N)N12. The van der Waals surface area contributed by atoms with Crippen molar-refractivity contribution >= 4 is 57.8 Å². The number of nitrogens with one attached hydrogen (secondary N) is 1. The highest BCUT2D eigenvalue weighted by molar-refractivity contribution is 8.18. The standard InChI is InChI=1S/C20H13FN4O3S2/c1-29-20-24-30-19-23-17(26)15(16(22)25(19)20)10-11-2-8-14(9-3-11)28-18(27)12-4-6-13(21)7-5-12/h2-10,22H,1H3/b15-10-,22-16?. The molecule has 0 aliphatic carbocycles. The number of hydrogen-bond donors (Lipinski definition) is 1. The van der Waals surface area contributed by atoms with Crippen molar-refractivity contribution in [3.8, 4) is 5.75 Å². The van der Waals surface area contributed by atoms with E-state index in [4.69, 9.17) is 10.1 Å². The van der Waals surface area contributed by atoms with Gasteiger partial charge in [0.05, 0.1) is 23.1 Å². The molecule has 0 saturated carbocycles. The third-order valence-corrected chi connectivity index (χ3v) is 5.61. The summed E-state index contributed by atoms with van der Waals surface area (Å²) in [5, 5.41) is 9.34. The van der Waals surface area contributed by atoms with Crippen LogP contribution < -0.4 is 4.74 Å². The number of nitrogens with zero attached hydrogens (tertiary/aromatic N) is 3. The van der Waals surface area contributed by atoms with Gasteiger partial charge in [-0.15, -0.1) is 0 Å². The predicted octanol–water partition coefficient (Wildman–Crippen LogP) is 3.98. The van der Waals surface area contributed by atoms with Crippen LogP contribution >= 0.6 is 23.7 Å². The van der Waals surface area contributed by atoms with E-state index in [1.165, 1.54) is 40.9 Å². The first-order valence-electron chi connectivity index (χ1n) is 8.57. The number of aliphatic imine (C=N–C) groups is 1. The lowest BCUT2D eigenvalue weighted by molar-refractivity contribution is -0.114. The van der Waals surface area contributed by atoms with Crippen molar-refractivity contribution in [2.24, 2.45) is 9.39 Å². The first kappa shape index (κ1) is 20.0. The summed E-state index contributed by atoms with van der Waals surface area (Å²) >= 11 is 2.43. The Morgan fingerprint density at radius 1 is 1.20 bits per heavy atom. The highest BCUT2D eigenvalue weighted by Crippen LogP contribution is 2.31. The number of benzene rings is 2. The maximum atomic E-state index is 13.0. The third-order valence-electron chi connectivity index (χ3n) is 4.16. The highest BCUT2D eigenvalue weighted by Gasteiger charge is 2.36. The summed E-state index contributed by atoms with van der Waals surface area (Å²) in [5.41, 5.74) is 1.00. The van der Waals surface area contributed by atoms with Gasteiger partial charge in [-0.3, -0.25) is 10.2 Å². The molecule has 0 fully saturated rings. The molecule has 1 N–H and O–H groups in total. The number of amides is 1. The van der Waals surface area contributed by atoms with E-state index < -0.39 is 17.7 Å². The maximum Gasteiger partial charge on any atom is 0.343 e. The average Bonchev–Trinajstić information content (AvgIpc) is 3.15. The van der Waals surface area contributed by atoms with Gasteiger partial charge in [0.15, 0.2) is 5.17 Å². The average molecular weight is 440 g/mol. The van der Waals surface area contributed by atoms with Gasteiger partial charge >= 0.3 is 5.97 Å². The molecular formula is C20H13FN4O3S2. The lowest BCUT2D eigenvalue weighted by Gasteiger charge is -2.23. The predicted molar refractivity (Wildman–Crippen MR) is 116 cm³/mol. The van der Waals surface area contributed by atoms with Gasteiger partial charge in [0.2, 0.25) is 5.17 Å². The fourth-order valence-electron chi connectivity index (χ4n) is 2.68. The Morgan fingerprint density at radius 3 is 2.57 bits per heavy atom. The van der Waals surface area contributed by atoms with E-state index in [1.807, 2.05) is 6.26 Å². The normalized spacial score (nSPS) is 17.0. The highest BCUT2D eigenvalue weighted by atomic mass is 32.2. The van der Waals surface area contributed by atoms with Gasteiger partial charge in [-0.05, 0) is 54.3 Å². The van der Waals surface area contributed by atoms with Gasteiger partial charge in [0, 0.05) is 0 Å². The van der Waals surface area contributed by atoms with Gasteiger partial charge < -0.3 is 4.74 Å². The fraction of sp³-hybridized carbons (Fsp3) is 0.0500. The van der Waals surface area contributed by atoms with Gasteiger partial charge in [-0.25, -0.2) is 14.1 Å². The van der Waals surface area contributed by atoms with Gasteiger partial charge in [0.25, 0.3) is 5.91 Å². The third kappa shape index (κ3) is 3.91. The topological polar surface area (TPSA) is 95.2 Å². The lowest BCUT2D eigenvalue weighted by Crippen LogP contribution is -2.41. The molecule has 7 nitrogen and oxygen atoms in total. The minimum Gasteiger partial charge on any atom is -0.423 e. The Hall–Kier alpha value is -3.24. The van der Waals surface area contributed by atoms with E-state index in [-0.39, 0.29) is 17.0 Å². The molecule has 0 aromatic heterocycles. The Balaban J connectivity index is 1.51. The molecule has 2 aromatic rings. The molecule has 0 saturated heterocycles. The van der Waals surface area contributed by atoms with Crippen LogP contribution in [0.2, 0.25) is 0 Å². The molecule has 2 aliphatic heterocycles. The van der Waals surface area contributed by atoms with E-state index >= 15 is 0 Å². The number of hydrogen-bond acceptors (Lipinski definition) is 7. The molecule has 0 spiro atoms. The number of fused-ring (bicyclic) bond motifs is 1. The van der Waals surface area contributed by atoms with Crippen LogP contribution in [0, 0.1) is 11.2 Å². The summed E-state index contributed by atoms with van der Waals surface area (Å²) in [6.07, 6.45) is 3.39. The zero-order chi connectivity index (χ0) is 21.3. The molecule has 2 heterocycles. The van der Waals surface area contributed by atoms with Crippen molar-refractivity contribution in [3.05, 3.63) is 71.0 Å². The number of thioether (sulfide) groups is 1. The minimum absolute atomic E-state index is 0.00918. The van der Waals surface area contributed by atoms with Crippen LogP contribution in [0.25, 0.3) is 6.08 Å². The van der Waals surface area contributed by atoms with E-state index in [0.717, 1.165) is 11.9 Å². The molecule has 0 unspecified atom stereocenters. The summed E-state index contributed by atoms with van der Waals surface area (Å²) in [7, 11) is 0. The number of rotatable bonds is 3. The Bertz CT molecular complexity index is 1140. The van der Waals surface area contributed by atoms with E-state index in [0.29, 0.717) is 21.6 Å². The number of halogens is 1. The zero-order valence-corrected chi connectivity index (χ0v) is 17.1. The smallest absolute Gasteiger partial charge is 0.343 e. The maximum absolute atomic E-state index is 13.0. The molecule has 0 atom stereocenters. The first-order valence-corrected chi connectivity index (χ1v) is 10.6. The van der Waals surface area contributed by atoms with Crippen LogP contribution in [0.1, 0.15) is 15.9 Å². The van der Waals surface area contributed by atoms with Crippen molar-refractivity contribution < 1.29 is 18.7 Å². The Labute approximate surface area is 179 Å². The molecule has 10 heteroatoms. The summed E-state index contributed by atoms with van der Waals surface area (Å²) in [6, 6.07) is 11.5. The fourth-order valence-corrected chi connectivity index (χ4v) is 4.14. The zero-order valence-electron chi connectivity index (χ0n) is 15.5. The summed E-state index contributed by atoms with van der Waals surface area (Å²) in [4.78, 5) is 30.0. The minimum atomic E-state index is -0.609. The van der Waals surface area contributed by atoms with Crippen molar-refractivity contribution in [1.82, 2.24) is 4.90 Å². The second kappa shape index (κ2) is 8.25. The van der Waals surface area contributed by atoms with Crippen molar-refractivity contribution in [2.75, 3.05) is 6.26 Å². The van der Waals surface area contributed by atoms with Crippen LogP contribution in [0.4, 0.5) is 4.39 Å². The second-order valence-corrected chi connectivity index (χ2v) is 7.58. The Kier molecular flexibility index (Phi) is 5.51. The lowest BCUT2D eigenvalue weighted by atomic mass is 10.1. The molecule has 150 valence electrons. The van der Waals surface area contributed by atoms with Crippen LogP contribution in [0.3, 0.4) is 0 Å². The van der Waals surface area contributed by atoms with Crippen molar-refractivity contribution in [2.45, 2.75) is 0 Å².